The molecular weight excluding hydrogens is 332 g/mol. The number of carbonyl (C=O) groups is 3. The number of ketones is 1. The van der Waals surface area contributed by atoms with Gasteiger partial charge in [-0.2, -0.15) is 0 Å². The molecule has 0 unspecified atom stereocenters. The van der Waals surface area contributed by atoms with Crippen LogP contribution in [0.1, 0.15) is 6.92 Å². The summed E-state index contributed by atoms with van der Waals surface area (Å²) in [6, 6.07) is 0. The minimum atomic E-state index is -1.67. The lowest BCUT2D eigenvalue weighted by molar-refractivity contribution is -0.256. The summed E-state index contributed by atoms with van der Waals surface area (Å²) in [5.74, 6) is -5.06. The van der Waals surface area contributed by atoms with Gasteiger partial charge in [0.05, 0.1) is 31.6 Å². The summed E-state index contributed by atoms with van der Waals surface area (Å²) < 4.78 is 26.4. The molecule has 4 rings (SSSR count). The van der Waals surface area contributed by atoms with E-state index in [2.05, 4.69) is 0 Å². The predicted octanol–water partition coefficient (Wildman–Crippen LogP) is 0.366. The molecular formula is C17H20O8. The van der Waals surface area contributed by atoms with Crippen molar-refractivity contribution in [2.24, 2.45) is 17.8 Å². The van der Waals surface area contributed by atoms with E-state index >= 15 is 0 Å². The molecule has 1 saturated carbocycles. The fraction of sp³-hybridized carbons (Fsp3) is 0.588. The highest BCUT2D eigenvalue weighted by atomic mass is 16.7. The van der Waals surface area contributed by atoms with Crippen molar-refractivity contribution < 1.29 is 38.1 Å². The normalized spacial score (nSPS) is 32.0. The Morgan fingerprint density at radius 1 is 1.08 bits per heavy atom. The number of carbonyl (C=O) groups excluding carboxylic acids is 3. The standard InChI is InChI=1S/C17H20O8/c1-7-10(16(20)22-3)11-8-6-9(15(19)21-2)12(13(11)25-7)17(23-4,24-5)14(8)18/h6,8,11-13H,1-5H3/t8-,11-,12+,13+/m1/s1. The third-order valence-corrected chi connectivity index (χ3v) is 5.28. The monoisotopic (exact) mass is 352 g/mol. The maximum atomic E-state index is 13.1. The van der Waals surface area contributed by atoms with Crippen molar-refractivity contribution in [1.82, 2.24) is 0 Å². The van der Waals surface area contributed by atoms with Crippen LogP contribution in [-0.2, 0) is 38.1 Å². The van der Waals surface area contributed by atoms with Crippen LogP contribution in [0.25, 0.3) is 0 Å². The molecule has 2 bridgehead atoms. The van der Waals surface area contributed by atoms with Gasteiger partial charge in [-0.3, -0.25) is 4.79 Å². The Balaban J connectivity index is 2.17. The largest absolute Gasteiger partial charge is 0.493 e. The Hall–Kier alpha value is -2.19. The summed E-state index contributed by atoms with van der Waals surface area (Å²) in [6.07, 6.45) is 0.858. The summed E-state index contributed by atoms with van der Waals surface area (Å²) in [6.45, 7) is 1.63. The van der Waals surface area contributed by atoms with E-state index in [4.69, 9.17) is 23.7 Å². The summed E-state index contributed by atoms with van der Waals surface area (Å²) in [4.78, 5) is 37.5. The predicted molar refractivity (Wildman–Crippen MR) is 81.9 cm³/mol. The molecule has 0 aromatic rings. The van der Waals surface area contributed by atoms with Crippen LogP contribution in [0.5, 0.6) is 0 Å². The number of hydrogen-bond donors (Lipinski definition) is 0. The Morgan fingerprint density at radius 3 is 2.20 bits per heavy atom. The van der Waals surface area contributed by atoms with E-state index in [0.29, 0.717) is 11.3 Å². The summed E-state index contributed by atoms with van der Waals surface area (Å²) >= 11 is 0. The number of ether oxygens (including phenoxy) is 5. The van der Waals surface area contributed by atoms with E-state index in [-0.39, 0.29) is 11.4 Å². The highest BCUT2D eigenvalue weighted by Crippen LogP contribution is 2.56. The molecule has 4 aliphatic rings. The molecule has 136 valence electrons. The van der Waals surface area contributed by atoms with Crippen molar-refractivity contribution in [1.29, 1.82) is 0 Å². The molecule has 4 atom stereocenters. The van der Waals surface area contributed by atoms with Gasteiger partial charge in [-0.15, -0.1) is 0 Å². The van der Waals surface area contributed by atoms with Gasteiger partial charge in [0.1, 0.15) is 11.9 Å². The van der Waals surface area contributed by atoms with Gasteiger partial charge in [-0.05, 0) is 6.92 Å². The minimum absolute atomic E-state index is 0.246. The molecule has 0 aromatic carbocycles. The Kier molecular flexibility index (Phi) is 4.20. The number of methoxy groups -OCH3 is 4. The lowest BCUT2D eigenvalue weighted by Gasteiger charge is -2.51. The van der Waals surface area contributed by atoms with Crippen LogP contribution < -0.4 is 0 Å². The van der Waals surface area contributed by atoms with E-state index in [1.54, 1.807) is 6.92 Å². The maximum Gasteiger partial charge on any atom is 0.337 e. The summed E-state index contributed by atoms with van der Waals surface area (Å²) in [5, 5.41) is 0. The van der Waals surface area contributed by atoms with Crippen molar-refractivity contribution in [3.8, 4) is 0 Å². The number of rotatable bonds is 4. The van der Waals surface area contributed by atoms with Gasteiger partial charge >= 0.3 is 11.9 Å². The molecule has 8 heteroatoms. The van der Waals surface area contributed by atoms with Crippen molar-refractivity contribution in [2.75, 3.05) is 28.4 Å². The molecule has 1 aliphatic heterocycles. The van der Waals surface area contributed by atoms with Gasteiger partial charge in [0.15, 0.2) is 5.78 Å². The second kappa shape index (κ2) is 5.96. The molecule has 0 aromatic heterocycles. The van der Waals surface area contributed by atoms with E-state index in [1.807, 2.05) is 0 Å². The van der Waals surface area contributed by atoms with Gasteiger partial charge in [-0.1, -0.05) is 6.08 Å². The number of allylic oxidation sites excluding steroid dienone is 2. The smallest absolute Gasteiger partial charge is 0.337 e. The lowest BCUT2D eigenvalue weighted by atomic mass is 9.58. The maximum absolute atomic E-state index is 13.1. The average molecular weight is 352 g/mol. The van der Waals surface area contributed by atoms with Gasteiger partial charge in [0.2, 0.25) is 5.79 Å². The first kappa shape index (κ1) is 17.6. The van der Waals surface area contributed by atoms with Crippen molar-refractivity contribution in [3.63, 3.8) is 0 Å². The topological polar surface area (TPSA) is 97.4 Å². The lowest BCUT2D eigenvalue weighted by Crippen LogP contribution is -2.66. The molecule has 8 nitrogen and oxygen atoms in total. The molecule has 0 N–H and O–H groups in total. The van der Waals surface area contributed by atoms with Gasteiger partial charge < -0.3 is 23.7 Å². The molecule has 3 aliphatic carbocycles. The summed E-state index contributed by atoms with van der Waals surface area (Å²) in [7, 11) is 5.19. The number of hydrogen-bond acceptors (Lipinski definition) is 8. The van der Waals surface area contributed by atoms with Gasteiger partial charge in [0, 0.05) is 25.7 Å². The number of fused-ring (bicyclic) bond motifs is 1. The molecule has 0 saturated heterocycles. The Labute approximate surface area is 144 Å². The second-order valence-corrected chi connectivity index (χ2v) is 6.13. The fourth-order valence-corrected chi connectivity index (χ4v) is 4.26. The zero-order valence-electron chi connectivity index (χ0n) is 14.7. The van der Waals surface area contributed by atoms with Crippen molar-refractivity contribution in [2.45, 2.75) is 18.8 Å². The molecule has 0 amide bonds. The van der Waals surface area contributed by atoms with E-state index in [0.717, 1.165) is 0 Å². The minimum Gasteiger partial charge on any atom is -0.493 e. The first-order valence-corrected chi connectivity index (χ1v) is 7.78. The van der Waals surface area contributed by atoms with Crippen LogP contribution in [0.4, 0.5) is 0 Å². The highest BCUT2D eigenvalue weighted by Gasteiger charge is 2.69. The van der Waals surface area contributed by atoms with Gasteiger partial charge in [0.25, 0.3) is 0 Å². The van der Waals surface area contributed by atoms with Crippen molar-refractivity contribution >= 4 is 17.7 Å². The summed E-state index contributed by atoms with van der Waals surface area (Å²) in [5.41, 5.74) is 0.549. The molecule has 25 heavy (non-hydrogen) atoms. The van der Waals surface area contributed by atoms with E-state index in [9.17, 15) is 14.4 Å². The zero-order chi connectivity index (χ0) is 18.5. The average Bonchev–Trinajstić information content (AvgIpc) is 2.98. The first-order chi connectivity index (χ1) is 11.9. The van der Waals surface area contributed by atoms with Crippen LogP contribution >= 0.6 is 0 Å². The van der Waals surface area contributed by atoms with Crippen LogP contribution in [0.3, 0.4) is 0 Å². The highest BCUT2D eigenvalue weighted by molar-refractivity contribution is 6.02. The molecule has 1 fully saturated rings. The Morgan fingerprint density at radius 2 is 1.68 bits per heavy atom. The Bertz CT molecular complexity index is 699. The zero-order valence-corrected chi connectivity index (χ0v) is 14.7. The number of Topliss-reactive ketones (excluding diaryl/α,β-unsaturated/α-hetero) is 1. The van der Waals surface area contributed by atoms with Crippen LogP contribution in [0.2, 0.25) is 0 Å². The van der Waals surface area contributed by atoms with Gasteiger partial charge in [-0.25, -0.2) is 9.59 Å². The van der Waals surface area contributed by atoms with Crippen LogP contribution in [0.15, 0.2) is 23.0 Å². The fourth-order valence-electron chi connectivity index (χ4n) is 4.26. The molecule has 0 spiro atoms. The SMILES string of the molecule is COC(=O)C1=C[C@H]2C(=O)C(OC)(OC)[C@@H]1[C@H]1OC(C)=C(C(=O)OC)[C@H]12. The molecule has 1 heterocycles. The van der Waals surface area contributed by atoms with Crippen molar-refractivity contribution in [3.05, 3.63) is 23.0 Å². The first-order valence-electron chi connectivity index (χ1n) is 7.78. The quantitative estimate of drug-likeness (QED) is 0.529. The van der Waals surface area contributed by atoms with Crippen LogP contribution in [0, 0.1) is 17.8 Å². The third-order valence-electron chi connectivity index (χ3n) is 5.28. The van der Waals surface area contributed by atoms with E-state index < -0.39 is 41.6 Å². The second-order valence-electron chi connectivity index (χ2n) is 6.13. The van der Waals surface area contributed by atoms with Crippen LogP contribution in [-0.4, -0.2) is 58.1 Å². The number of esters is 2. The van der Waals surface area contributed by atoms with E-state index in [1.165, 1.54) is 34.5 Å². The molecule has 0 radical (unpaired) electrons. The third kappa shape index (κ3) is 2.10.